The second kappa shape index (κ2) is 32.5. The number of rotatable bonds is 10. The van der Waals surface area contributed by atoms with Gasteiger partial charge in [0, 0.05) is 12.1 Å². The van der Waals surface area contributed by atoms with E-state index in [0.717, 1.165) is 0 Å². The third kappa shape index (κ3) is 20.5. The van der Waals surface area contributed by atoms with E-state index in [1.165, 1.54) is 9.44 Å². The number of halogens is 42. The Labute approximate surface area is 561 Å². The molecule has 0 aromatic carbocycles. The number of aromatic nitrogens is 4. The van der Waals surface area contributed by atoms with E-state index in [9.17, 15) is 210 Å². The van der Waals surface area contributed by atoms with Crippen molar-refractivity contribution in [1.29, 1.82) is 0 Å². The monoisotopic (exact) mass is 1560 g/mol. The van der Waals surface area contributed by atoms with Crippen LogP contribution in [0.2, 0.25) is 0 Å². The van der Waals surface area contributed by atoms with Crippen molar-refractivity contribution >= 4 is 41.3 Å². The summed E-state index contributed by atoms with van der Waals surface area (Å²) in [6, 6.07) is 0. The van der Waals surface area contributed by atoms with Gasteiger partial charge in [0.1, 0.15) is 20.0 Å². The first-order chi connectivity index (χ1) is 40.3. The van der Waals surface area contributed by atoms with Crippen molar-refractivity contribution in [2.45, 2.75) is 76.6 Å². The molecule has 0 fully saturated rings. The Morgan fingerprint density at radius 1 is 0.326 bits per heavy atom. The molecular weight excluding hydrogens is 1550 g/mol. The average molecular weight is 1560 g/mol. The first-order valence-electron chi connectivity index (χ1n) is 19.8. The fourth-order valence-electron chi connectivity index (χ4n) is 4.42. The number of sulfonamides is 2. The molecule has 0 aliphatic carbocycles. The summed E-state index contributed by atoms with van der Waals surface area (Å²) >= 11 is 0. The smallest absolute Gasteiger partial charge is 1.00 e. The molecule has 0 bridgehead atoms. The second-order valence-corrected chi connectivity index (χ2v) is 20.8. The second-order valence-electron chi connectivity index (χ2n) is 15.3. The zero-order chi connectivity index (χ0) is 74.2. The number of pyridine rings is 4. The van der Waals surface area contributed by atoms with E-state index in [-0.39, 0.29) is 90.5 Å². The predicted molar refractivity (Wildman–Crippen MR) is 206 cm³/mol. The minimum absolute atomic E-state index is 0. The van der Waals surface area contributed by atoms with Gasteiger partial charge in [-0.15, -0.1) is 0 Å². The Bertz CT molecular complexity index is 3250. The van der Waals surface area contributed by atoms with E-state index in [2.05, 4.69) is 10.7 Å². The number of hydrogen-bond acceptors (Lipinski definition) is 11. The molecule has 0 spiro atoms. The van der Waals surface area contributed by atoms with Gasteiger partial charge in [-0.25, -0.2) is 73.5 Å². The summed E-state index contributed by atoms with van der Waals surface area (Å²) in [6.07, 6.45) is -47.8. The molecule has 0 radical (unpaired) electrons. The van der Waals surface area contributed by atoms with Gasteiger partial charge >= 0.3 is 147 Å². The molecule has 0 saturated heterocycles. The van der Waals surface area contributed by atoms with Gasteiger partial charge in [0.25, 0.3) is 23.8 Å². The topological polar surface area (TPSA) is 208 Å². The maximum Gasteiger partial charge on any atom is 1.00 e. The standard InChI is InChI=1S/C9H2F11NO2S.2C8F11N2O2S.C5F5N.C4H7F4N.K.2Li.H/c10-3-2(4(11)6(13)21-5(3)12)1-24(22,23)7(14,8(15,16)17)9(18,19)20;2*9-1-3(2(10)5(12)20-4(1)11)21-24(22,23)6(13,7(14,15)16)8(17,18)19;6-1-2(7)4(9)11-5(10)3(1)8;1-3(5,2-9)4(6,7)8;;;;/h1H2;;;;2,9H2,1H3;;;;/q;2*-1;;;3*+1;-1. The Hall–Kier alpha value is -4.10. The third-order valence-electron chi connectivity index (χ3n) is 9.04. The van der Waals surface area contributed by atoms with Gasteiger partial charge in [-0.1, -0.05) is 0 Å². The average Bonchev–Trinajstić information content (AvgIpc) is 0.741. The largest absolute Gasteiger partial charge is 1.00 e. The molecule has 0 saturated carbocycles. The van der Waals surface area contributed by atoms with Crippen LogP contribution >= 0.6 is 0 Å². The predicted octanol–water partition coefficient (Wildman–Crippen LogP) is 5.01. The minimum atomic E-state index is -7.50. The number of alkyl halides is 25. The van der Waals surface area contributed by atoms with Gasteiger partial charge < -0.3 is 16.6 Å². The molecule has 13 nitrogen and oxygen atoms in total. The van der Waals surface area contributed by atoms with Crippen LogP contribution in [-0.2, 0) is 35.6 Å². The molecule has 532 valence electrons. The molecule has 4 heterocycles. The van der Waals surface area contributed by atoms with Crippen molar-refractivity contribution in [1.82, 2.24) is 19.9 Å². The van der Waals surface area contributed by atoms with E-state index in [4.69, 9.17) is 0 Å². The number of nitrogens with two attached hydrogens (primary N) is 1. The zero-order valence-electron chi connectivity index (χ0n) is 44.7. The van der Waals surface area contributed by atoms with Gasteiger partial charge in [0.15, 0.2) is 34.9 Å². The van der Waals surface area contributed by atoms with E-state index < -0.39 is 223 Å². The van der Waals surface area contributed by atoms with Crippen molar-refractivity contribution in [2.75, 3.05) is 6.54 Å². The SMILES string of the molecule is CC(F)(CN)C(F)(F)F.Fc1nc(F)c(F)c(F)c1F.O=S(=O)(Cc1c(F)c(F)nc(F)c1F)C(F)(C(F)(F)F)C(F)(F)F.O=S(=O)([N-]c1c(F)c(F)nc(F)c1F)C(F)(C(F)(F)F)C(F)(F)F.O=S(=O)([N-]c1c(F)c(F)nc(F)c1F)C(F)(C(F)(F)F)C(F)(F)F.[H-].[K+].[Li+].[Li+]. The summed E-state index contributed by atoms with van der Waals surface area (Å²) in [5.41, 5.74) is -6.72. The summed E-state index contributed by atoms with van der Waals surface area (Å²) in [4.78, 5) is 7.71. The molecule has 4 rings (SSSR count). The zero-order valence-corrected chi connectivity index (χ0v) is 49.3. The molecule has 2 N–H and O–H groups in total. The molecule has 61 heteroatoms. The van der Waals surface area contributed by atoms with Crippen molar-refractivity contribution in [3.05, 3.63) is 115 Å². The molecular formula is C34H10F42KLi2N7O6S3. The molecule has 95 heavy (non-hydrogen) atoms. The van der Waals surface area contributed by atoms with Crippen LogP contribution < -0.4 is 94.8 Å². The fourth-order valence-corrected chi connectivity index (χ4v) is 8.18. The number of hydrogen-bond donors (Lipinski definition) is 1. The van der Waals surface area contributed by atoms with Crippen LogP contribution in [-0.4, -0.2) is 116 Å². The Balaban J connectivity index is -0.000000370. The van der Waals surface area contributed by atoms with E-state index in [1.54, 1.807) is 0 Å². The van der Waals surface area contributed by atoms with Crippen LogP contribution in [0, 0.1) is 99.9 Å². The van der Waals surface area contributed by atoms with Gasteiger partial charge in [-0.05, 0) is 18.3 Å². The summed E-state index contributed by atoms with van der Waals surface area (Å²) < 4.78 is 591. The maximum absolute atomic E-state index is 13.4. The molecule has 4 aromatic rings. The minimum Gasteiger partial charge on any atom is -1.00 e. The fraction of sp³-hybridized carbons (Fsp3) is 0.412. The van der Waals surface area contributed by atoms with Crippen LogP contribution in [0.15, 0.2) is 0 Å². The molecule has 0 aliphatic rings. The first-order valence-corrected chi connectivity index (χ1v) is 24.3. The molecule has 4 aromatic heterocycles. The van der Waals surface area contributed by atoms with Crippen LogP contribution in [0.4, 0.5) is 196 Å². The van der Waals surface area contributed by atoms with Crippen molar-refractivity contribution in [3.8, 4) is 0 Å². The number of nitrogens with zero attached hydrogens (tertiary/aromatic N) is 6. The summed E-state index contributed by atoms with van der Waals surface area (Å²) in [7, 11) is -22.1. The third-order valence-corrected chi connectivity index (χ3v) is 14.2. The van der Waals surface area contributed by atoms with E-state index >= 15 is 0 Å². The molecule has 0 aliphatic heterocycles. The van der Waals surface area contributed by atoms with Crippen LogP contribution in [0.3, 0.4) is 0 Å². The van der Waals surface area contributed by atoms with Gasteiger partial charge in [0.05, 0.1) is 5.75 Å². The summed E-state index contributed by atoms with van der Waals surface area (Å²) in [5, 5.41) is -21.1. The summed E-state index contributed by atoms with van der Waals surface area (Å²) in [5.74, 6) is -45.9. The van der Waals surface area contributed by atoms with Gasteiger partial charge in [0.2, 0.25) is 56.7 Å². The van der Waals surface area contributed by atoms with Crippen LogP contribution in [0.25, 0.3) is 9.44 Å². The van der Waals surface area contributed by atoms with E-state index in [0.29, 0.717) is 6.92 Å². The Morgan fingerprint density at radius 3 is 0.684 bits per heavy atom. The molecule has 1 unspecified atom stereocenters. The Kier molecular flexibility index (Phi) is 33.3. The van der Waals surface area contributed by atoms with Crippen LogP contribution in [0.5, 0.6) is 0 Å². The molecule has 0 amide bonds. The van der Waals surface area contributed by atoms with Crippen molar-refractivity contribution in [3.63, 3.8) is 0 Å². The van der Waals surface area contributed by atoms with Crippen molar-refractivity contribution < 1.29 is 300 Å². The van der Waals surface area contributed by atoms with Gasteiger partial charge in [-0.3, -0.25) is 0 Å². The molecule has 1 atom stereocenters. The Morgan fingerprint density at radius 2 is 0.516 bits per heavy atom. The van der Waals surface area contributed by atoms with Crippen molar-refractivity contribution in [2.24, 2.45) is 5.73 Å². The first kappa shape index (κ1) is 97.3. The van der Waals surface area contributed by atoms with Gasteiger partial charge in [-0.2, -0.15) is 156 Å². The van der Waals surface area contributed by atoms with E-state index in [1.807, 2.05) is 15.0 Å². The summed E-state index contributed by atoms with van der Waals surface area (Å²) in [6.45, 7) is -0.622. The number of sulfone groups is 1. The normalized spacial score (nSPS) is 13.6. The maximum atomic E-state index is 13.4. The van der Waals surface area contributed by atoms with Crippen LogP contribution in [0.1, 0.15) is 13.9 Å². The quantitative estimate of drug-likeness (QED) is 0.127.